The van der Waals surface area contributed by atoms with Gasteiger partial charge in [0.2, 0.25) is 5.88 Å². The van der Waals surface area contributed by atoms with Gasteiger partial charge in [-0.15, -0.1) is 5.10 Å². The first kappa shape index (κ1) is 11.8. The van der Waals surface area contributed by atoms with Gasteiger partial charge in [-0.3, -0.25) is 0 Å². The molecule has 0 spiro atoms. The van der Waals surface area contributed by atoms with Crippen molar-refractivity contribution in [2.24, 2.45) is 0 Å². The first-order valence-corrected chi connectivity index (χ1v) is 3.84. The van der Waals surface area contributed by atoms with Gasteiger partial charge in [0.15, 0.2) is 0 Å². The zero-order valence-electron chi connectivity index (χ0n) is 7.40. The molecule has 0 atom stereocenters. The van der Waals surface area contributed by atoms with Crippen molar-refractivity contribution in [2.75, 3.05) is 27.2 Å². The van der Waals surface area contributed by atoms with E-state index in [9.17, 15) is 0 Å². The average molecular weight is 183 g/mol. The van der Waals surface area contributed by atoms with E-state index in [4.69, 9.17) is 4.74 Å². The van der Waals surface area contributed by atoms with Crippen LogP contribution in [0.1, 0.15) is 7.43 Å². The Bertz CT molecular complexity index is 213. The van der Waals surface area contributed by atoms with Crippen molar-refractivity contribution in [1.29, 1.82) is 0 Å². The van der Waals surface area contributed by atoms with Crippen molar-refractivity contribution in [3.63, 3.8) is 0 Å². The van der Waals surface area contributed by atoms with Gasteiger partial charge >= 0.3 is 0 Å². The van der Waals surface area contributed by atoms with Crippen molar-refractivity contribution >= 4 is 0 Å². The van der Waals surface area contributed by atoms with E-state index < -0.39 is 0 Å². The lowest BCUT2D eigenvalue weighted by molar-refractivity contribution is 0.251. The fraction of sp³-hybridized carbons (Fsp3) is 0.556. The second-order valence-corrected chi connectivity index (χ2v) is 2.71. The van der Waals surface area contributed by atoms with Crippen LogP contribution in [0.2, 0.25) is 0 Å². The summed E-state index contributed by atoms with van der Waals surface area (Å²) in [6, 6.07) is 3.60. The molecule has 0 saturated heterocycles. The lowest BCUT2D eigenvalue weighted by Crippen LogP contribution is -2.19. The van der Waals surface area contributed by atoms with Crippen molar-refractivity contribution in [3.8, 4) is 5.88 Å². The quantitative estimate of drug-likeness (QED) is 0.699. The van der Waals surface area contributed by atoms with Crippen LogP contribution >= 0.6 is 0 Å². The largest absolute Gasteiger partial charge is 0.475 e. The Balaban J connectivity index is 0.00000144. The molecule has 1 aromatic rings. The third kappa shape index (κ3) is 5.14. The number of ether oxygens (including phenoxy) is 1. The summed E-state index contributed by atoms with van der Waals surface area (Å²) < 4.78 is 5.30. The van der Waals surface area contributed by atoms with Crippen LogP contribution in [-0.4, -0.2) is 42.3 Å². The maximum Gasteiger partial charge on any atom is 0.233 e. The standard InChI is InChI=1S/C8H13N3O.CH4/c1-11(2)6-7-12-8-4-3-5-9-10-8;/h3-5H,6-7H2,1-2H3;1H4. The van der Waals surface area contributed by atoms with Crippen LogP contribution in [0, 0.1) is 0 Å². The van der Waals surface area contributed by atoms with E-state index in [0.29, 0.717) is 12.5 Å². The average Bonchev–Trinajstić information content (AvgIpc) is 2.05. The Kier molecular flexibility index (Phi) is 5.80. The van der Waals surface area contributed by atoms with Crippen molar-refractivity contribution in [2.45, 2.75) is 7.43 Å². The number of nitrogens with zero attached hydrogens (tertiary/aromatic N) is 3. The molecule has 0 aliphatic heterocycles. The minimum atomic E-state index is 0. The van der Waals surface area contributed by atoms with Gasteiger partial charge in [-0.1, -0.05) is 7.43 Å². The van der Waals surface area contributed by atoms with Crippen LogP contribution in [0.3, 0.4) is 0 Å². The van der Waals surface area contributed by atoms with E-state index in [0.717, 1.165) is 6.54 Å². The molecular weight excluding hydrogens is 166 g/mol. The van der Waals surface area contributed by atoms with Crippen LogP contribution in [-0.2, 0) is 0 Å². The Hall–Kier alpha value is -1.16. The molecule has 0 fully saturated rings. The highest BCUT2D eigenvalue weighted by molar-refractivity contribution is 5.04. The van der Waals surface area contributed by atoms with Gasteiger partial charge in [-0.2, -0.15) is 5.10 Å². The zero-order valence-corrected chi connectivity index (χ0v) is 7.40. The van der Waals surface area contributed by atoms with Crippen LogP contribution in [0.4, 0.5) is 0 Å². The van der Waals surface area contributed by atoms with E-state index in [1.165, 1.54) is 0 Å². The molecule has 0 bridgehead atoms. The molecule has 0 aliphatic carbocycles. The Morgan fingerprint density at radius 2 is 2.23 bits per heavy atom. The highest BCUT2D eigenvalue weighted by Gasteiger charge is 1.93. The van der Waals surface area contributed by atoms with Gasteiger partial charge in [0.05, 0.1) is 0 Å². The van der Waals surface area contributed by atoms with Gasteiger partial charge < -0.3 is 9.64 Å². The van der Waals surface area contributed by atoms with Crippen LogP contribution in [0.25, 0.3) is 0 Å². The number of hydrogen-bond acceptors (Lipinski definition) is 4. The molecule has 0 aliphatic rings. The molecule has 0 N–H and O–H groups in total. The Labute approximate surface area is 79.5 Å². The fourth-order valence-electron chi connectivity index (χ4n) is 0.697. The first-order valence-electron chi connectivity index (χ1n) is 3.84. The minimum absolute atomic E-state index is 0. The van der Waals surface area contributed by atoms with Gasteiger partial charge in [-0.05, 0) is 20.2 Å². The SMILES string of the molecule is C.CN(C)CCOc1cccnn1. The molecule has 0 aromatic carbocycles. The monoisotopic (exact) mass is 183 g/mol. The molecule has 4 nitrogen and oxygen atoms in total. The molecule has 1 heterocycles. The summed E-state index contributed by atoms with van der Waals surface area (Å²) in [6.07, 6.45) is 1.62. The number of hydrogen-bond donors (Lipinski definition) is 0. The lowest BCUT2D eigenvalue weighted by atomic mass is 10.5. The fourth-order valence-corrected chi connectivity index (χ4v) is 0.697. The van der Waals surface area contributed by atoms with Crippen LogP contribution < -0.4 is 4.74 Å². The van der Waals surface area contributed by atoms with E-state index in [2.05, 4.69) is 15.1 Å². The van der Waals surface area contributed by atoms with E-state index in [1.807, 2.05) is 14.1 Å². The molecule has 4 heteroatoms. The summed E-state index contributed by atoms with van der Waals surface area (Å²) in [6.45, 7) is 1.53. The topological polar surface area (TPSA) is 38.2 Å². The predicted molar refractivity (Wildman–Crippen MR) is 52.8 cm³/mol. The second kappa shape index (κ2) is 6.37. The van der Waals surface area contributed by atoms with Gasteiger partial charge in [0.25, 0.3) is 0 Å². The highest BCUT2D eigenvalue weighted by Crippen LogP contribution is 2.00. The number of rotatable bonds is 4. The van der Waals surface area contributed by atoms with Gasteiger partial charge in [-0.25, -0.2) is 0 Å². The molecule has 13 heavy (non-hydrogen) atoms. The minimum Gasteiger partial charge on any atom is -0.475 e. The summed E-state index contributed by atoms with van der Waals surface area (Å²) in [5.74, 6) is 0.583. The zero-order chi connectivity index (χ0) is 8.81. The van der Waals surface area contributed by atoms with E-state index in [-0.39, 0.29) is 7.43 Å². The molecule has 0 radical (unpaired) electrons. The highest BCUT2D eigenvalue weighted by atomic mass is 16.5. The van der Waals surface area contributed by atoms with Crippen molar-refractivity contribution in [1.82, 2.24) is 15.1 Å². The smallest absolute Gasteiger partial charge is 0.233 e. The third-order valence-electron chi connectivity index (χ3n) is 1.34. The molecule has 0 amide bonds. The molecule has 0 unspecified atom stereocenters. The van der Waals surface area contributed by atoms with Gasteiger partial charge in [0.1, 0.15) is 6.61 Å². The molecule has 1 rings (SSSR count). The number of aromatic nitrogens is 2. The first-order chi connectivity index (χ1) is 5.79. The van der Waals surface area contributed by atoms with Crippen molar-refractivity contribution < 1.29 is 4.74 Å². The van der Waals surface area contributed by atoms with Crippen LogP contribution in [0.5, 0.6) is 5.88 Å². The number of likely N-dealkylation sites (N-methyl/N-ethyl adjacent to an activating group) is 1. The van der Waals surface area contributed by atoms with E-state index in [1.54, 1.807) is 18.3 Å². The lowest BCUT2D eigenvalue weighted by Gasteiger charge is -2.09. The third-order valence-corrected chi connectivity index (χ3v) is 1.34. The maximum atomic E-state index is 5.30. The summed E-state index contributed by atoms with van der Waals surface area (Å²) >= 11 is 0. The maximum absolute atomic E-state index is 5.30. The summed E-state index contributed by atoms with van der Waals surface area (Å²) in [7, 11) is 4.00. The molecule has 0 saturated carbocycles. The summed E-state index contributed by atoms with van der Waals surface area (Å²) in [5, 5.41) is 7.48. The Morgan fingerprint density at radius 3 is 2.77 bits per heavy atom. The van der Waals surface area contributed by atoms with Gasteiger partial charge in [0, 0.05) is 18.8 Å². The van der Waals surface area contributed by atoms with E-state index >= 15 is 0 Å². The second-order valence-electron chi connectivity index (χ2n) is 2.71. The molecule has 1 aromatic heterocycles. The summed E-state index contributed by atoms with van der Waals surface area (Å²) in [4.78, 5) is 2.05. The molecule has 74 valence electrons. The molecular formula is C9H17N3O. The summed E-state index contributed by atoms with van der Waals surface area (Å²) in [5.41, 5.74) is 0. The predicted octanol–water partition coefficient (Wildman–Crippen LogP) is 1.05. The van der Waals surface area contributed by atoms with Crippen LogP contribution in [0.15, 0.2) is 18.3 Å². The normalized spacial score (nSPS) is 9.46. The Morgan fingerprint density at radius 1 is 1.46 bits per heavy atom. The van der Waals surface area contributed by atoms with Crippen molar-refractivity contribution in [3.05, 3.63) is 18.3 Å².